The van der Waals surface area contributed by atoms with Crippen LogP contribution in [0.5, 0.6) is 0 Å². The van der Waals surface area contributed by atoms with Crippen molar-refractivity contribution in [3.63, 3.8) is 0 Å². The van der Waals surface area contributed by atoms with E-state index in [-0.39, 0.29) is 12.0 Å². The molecule has 1 aliphatic heterocycles. The number of hydroxylamine groups is 1. The molecule has 2 aromatic rings. The van der Waals surface area contributed by atoms with Gasteiger partial charge in [0.25, 0.3) is 0 Å². The minimum absolute atomic E-state index is 0.203. The van der Waals surface area contributed by atoms with Crippen LogP contribution in [-0.4, -0.2) is 73.5 Å². The number of nitrogens with one attached hydrogen (secondary N) is 2. The summed E-state index contributed by atoms with van der Waals surface area (Å²) in [6, 6.07) is 16.6. The number of nitrogens with zero attached hydrogens (tertiary/aromatic N) is 1. The monoisotopic (exact) mass is 569 g/mol. The predicted octanol–water partition coefficient (Wildman–Crippen LogP) is 4.27. The van der Waals surface area contributed by atoms with Crippen molar-refractivity contribution in [3.8, 4) is 0 Å². The molecule has 3 rings (SSSR count). The number of ether oxygens (including phenoxy) is 3. The number of amides is 2. The third-order valence-electron chi connectivity index (χ3n) is 7.14. The number of benzene rings is 2. The molecule has 10 nitrogen and oxygen atoms in total. The van der Waals surface area contributed by atoms with Crippen molar-refractivity contribution in [1.29, 1.82) is 0 Å². The van der Waals surface area contributed by atoms with Crippen LogP contribution in [0.15, 0.2) is 60.7 Å². The van der Waals surface area contributed by atoms with Gasteiger partial charge in [-0.25, -0.2) is 9.59 Å². The summed E-state index contributed by atoms with van der Waals surface area (Å²) in [6.45, 7) is 9.37. The molecule has 224 valence electrons. The molecule has 1 aliphatic rings. The zero-order valence-electron chi connectivity index (χ0n) is 25.0. The molecule has 2 amide bonds. The Hall–Kier alpha value is -3.47. The number of hydrogen-bond donors (Lipinski definition) is 2. The lowest BCUT2D eigenvalue weighted by atomic mass is 9.93. The first-order chi connectivity index (χ1) is 19.4. The molecular weight excluding hydrogens is 526 g/mol. The molecule has 10 heteroatoms. The van der Waals surface area contributed by atoms with Gasteiger partial charge in [-0.1, -0.05) is 55.5 Å². The highest BCUT2D eigenvalue weighted by Gasteiger charge is 2.45. The van der Waals surface area contributed by atoms with Gasteiger partial charge < -0.3 is 24.4 Å². The van der Waals surface area contributed by atoms with E-state index in [0.717, 1.165) is 5.56 Å². The van der Waals surface area contributed by atoms with Crippen LogP contribution in [0.4, 0.5) is 4.79 Å². The smallest absolute Gasteiger partial charge is 0.410 e. The maximum Gasteiger partial charge on any atom is 0.410 e. The van der Waals surface area contributed by atoms with Gasteiger partial charge in [0.1, 0.15) is 5.60 Å². The first kappa shape index (κ1) is 32.0. The summed E-state index contributed by atoms with van der Waals surface area (Å²) in [5.41, 5.74) is 3.41. The fourth-order valence-corrected chi connectivity index (χ4v) is 4.99. The third-order valence-corrected chi connectivity index (χ3v) is 7.14. The van der Waals surface area contributed by atoms with Crippen LogP contribution in [0.25, 0.3) is 0 Å². The van der Waals surface area contributed by atoms with Crippen molar-refractivity contribution in [3.05, 3.63) is 71.8 Å². The summed E-state index contributed by atoms with van der Waals surface area (Å²) >= 11 is 0. The number of methoxy groups -OCH3 is 2. The van der Waals surface area contributed by atoms with Crippen molar-refractivity contribution >= 4 is 18.0 Å². The Morgan fingerprint density at radius 3 is 2.12 bits per heavy atom. The van der Waals surface area contributed by atoms with E-state index in [9.17, 15) is 14.4 Å². The van der Waals surface area contributed by atoms with Crippen molar-refractivity contribution in [2.75, 3.05) is 20.8 Å². The highest BCUT2D eigenvalue weighted by Crippen LogP contribution is 2.30. The quantitative estimate of drug-likeness (QED) is 0.386. The molecule has 0 aromatic heterocycles. The molecule has 41 heavy (non-hydrogen) atoms. The van der Waals surface area contributed by atoms with E-state index in [0.29, 0.717) is 18.5 Å². The van der Waals surface area contributed by atoms with Crippen LogP contribution in [0.2, 0.25) is 0 Å². The second-order valence-electron chi connectivity index (χ2n) is 11.3. The summed E-state index contributed by atoms with van der Waals surface area (Å²) in [6.07, 6.45) is -0.789. The van der Waals surface area contributed by atoms with E-state index in [1.54, 1.807) is 43.2 Å². The normalized spacial score (nSPS) is 20.0. The molecule has 2 N–H and O–H groups in total. The van der Waals surface area contributed by atoms with Crippen LogP contribution in [0.3, 0.4) is 0 Å². The van der Waals surface area contributed by atoms with Crippen LogP contribution < -0.4 is 10.8 Å². The fourth-order valence-electron chi connectivity index (χ4n) is 4.99. The lowest BCUT2D eigenvalue weighted by molar-refractivity contribution is -0.131. The Morgan fingerprint density at radius 2 is 1.56 bits per heavy atom. The maximum atomic E-state index is 13.6. The van der Waals surface area contributed by atoms with E-state index >= 15 is 0 Å². The number of hydrogen-bond acceptors (Lipinski definition) is 8. The Balaban J connectivity index is 1.73. The lowest BCUT2D eigenvalue weighted by Crippen LogP contribution is -2.52. The Morgan fingerprint density at radius 1 is 0.951 bits per heavy atom. The average Bonchev–Trinajstić information content (AvgIpc) is 3.38. The van der Waals surface area contributed by atoms with Gasteiger partial charge in [0.05, 0.1) is 42.3 Å². The number of rotatable bonds is 11. The van der Waals surface area contributed by atoms with Gasteiger partial charge in [0.15, 0.2) is 0 Å². The first-order valence-corrected chi connectivity index (χ1v) is 13.9. The van der Waals surface area contributed by atoms with Gasteiger partial charge in [-0.05, 0) is 51.8 Å². The third kappa shape index (κ3) is 8.76. The maximum absolute atomic E-state index is 13.6. The molecule has 0 saturated carbocycles. The van der Waals surface area contributed by atoms with Gasteiger partial charge in [-0.15, -0.1) is 5.48 Å². The fraction of sp³-hybridized carbons (Fsp3) is 0.516. The zero-order valence-corrected chi connectivity index (χ0v) is 25.0. The molecule has 1 fully saturated rings. The summed E-state index contributed by atoms with van der Waals surface area (Å²) in [5, 5.41) is 3.05. The molecule has 0 spiro atoms. The topological polar surface area (TPSA) is 115 Å². The molecule has 6 atom stereocenters. The molecule has 1 unspecified atom stereocenters. The second kappa shape index (κ2) is 14.4. The van der Waals surface area contributed by atoms with Gasteiger partial charge >= 0.3 is 12.1 Å². The van der Waals surface area contributed by atoms with Crippen molar-refractivity contribution < 1.29 is 33.4 Å². The minimum Gasteiger partial charge on any atom is -0.444 e. The highest BCUT2D eigenvalue weighted by molar-refractivity contribution is 5.89. The van der Waals surface area contributed by atoms with E-state index < -0.39 is 47.8 Å². The molecule has 0 radical (unpaired) electrons. The first-order valence-electron chi connectivity index (χ1n) is 13.9. The number of likely N-dealkylation sites (tertiary alicyclic amines) is 1. The average molecular weight is 570 g/mol. The molecule has 2 aromatic carbocycles. The van der Waals surface area contributed by atoms with E-state index in [1.807, 2.05) is 64.1 Å². The highest BCUT2D eigenvalue weighted by atomic mass is 16.7. The van der Waals surface area contributed by atoms with Crippen LogP contribution >= 0.6 is 0 Å². The predicted molar refractivity (Wildman–Crippen MR) is 154 cm³/mol. The van der Waals surface area contributed by atoms with Gasteiger partial charge in [0.2, 0.25) is 5.91 Å². The molecular formula is C31H43N3O7. The van der Waals surface area contributed by atoms with Crippen LogP contribution in [-0.2, 0) is 23.8 Å². The summed E-state index contributed by atoms with van der Waals surface area (Å²) < 4.78 is 17.0. The molecule has 0 aliphatic carbocycles. The minimum atomic E-state index is -0.669. The van der Waals surface area contributed by atoms with Crippen molar-refractivity contribution in [2.45, 2.75) is 77.0 Å². The van der Waals surface area contributed by atoms with Gasteiger partial charge in [-0.3, -0.25) is 9.69 Å². The Kier molecular flexibility index (Phi) is 11.3. The van der Waals surface area contributed by atoms with Crippen molar-refractivity contribution in [2.24, 2.45) is 5.92 Å². The molecule has 1 saturated heterocycles. The summed E-state index contributed by atoms with van der Waals surface area (Å²) in [4.78, 5) is 46.2. The van der Waals surface area contributed by atoms with Crippen molar-refractivity contribution in [1.82, 2.24) is 15.7 Å². The number of carbonyl (C=O) groups excluding carboxylic acids is 3. The summed E-state index contributed by atoms with van der Waals surface area (Å²) in [5.74, 6) is -1.43. The second-order valence-corrected chi connectivity index (χ2v) is 11.3. The molecule has 0 bridgehead atoms. The SMILES string of the molecule is CO[C@@H]1C[C@@H]([C@H](OC)[C@@H](C)C(=O)N[C@H](C)C(NOC(=O)c2ccccc2)c2ccccc2)N(C(=O)OC(C)(C)C)C1. The Labute approximate surface area is 242 Å². The summed E-state index contributed by atoms with van der Waals surface area (Å²) in [7, 11) is 3.13. The van der Waals surface area contributed by atoms with E-state index in [4.69, 9.17) is 19.0 Å². The molecule has 1 heterocycles. The lowest BCUT2D eigenvalue weighted by Gasteiger charge is -2.35. The van der Waals surface area contributed by atoms with Gasteiger partial charge in [0, 0.05) is 20.3 Å². The zero-order chi connectivity index (χ0) is 30.2. The van der Waals surface area contributed by atoms with E-state index in [1.165, 1.54) is 7.11 Å². The van der Waals surface area contributed by atoms with Crippen LogP contribution in [0.1, 0.15) is 63.0 Å². The van der Waals surface area contributed by atoms with Gasteiger partial charge in [-0.2, -0.15) is 0 Å². The van der Waals surface area contributed by atoms with Crippen LogP contribution in [0, 0.1) is 5.92 Å². The standard InChI is InChI=1S/C31H43N3O7/c1-20(27(39-7)25-18-24(38-6)19-34(25)30(37)40-31(3,4)5)28(35)32-21(2)26(22-14-10-8-11-15-22)33-41-29(36)23-16-12-9-13-17-23/h8-17,20-21,24-27,33H,18-19H2,1-7H3,(H,32,35)/t20-,21-,24-,25+,26?,27-/m1/s1. The largest absolute Gasteiger partial charge is 0.444 e. The van der Waals surface area contributed by atoms with E-state index in [2.05, 4.69) is 10.8 Å². The number of carbonyl (C=O) groups is 3. The Bertz CT molecular complexity index is 1140.